The molecule has 21 heavy (non-hydrogen) atoms. The summed E-state index contributed by atoms with van der Waals surface area (Å²) < 4.78 is 0. The molecule has 118 valence electrons. The summed E-state index contributed by atoms with van der Waals surface area (Å²) in [4.78, 5) is 14.2. The van der Waals surface area contributed by atoms with Crippen LogP contribution in [0.3, 0.4) is 0 Å². The van der Waals surface area contributed by atoms with Crippen molar-refractivity contribution in [1.29, 1.82) is 0 Å². The molecule has 0 saturated carbocycles. The number of rotatable bonds is 4. The summed E-state index contributed by atoms with van der Waals surface area (Å²) in [7, 11) is 2.20. The van der Waals surface area contributed by atoms with E-state index in [0.717, 1.165) is 37.1 Å². The van der Waals surface area contributed by atoms with Crippen molar-refractivity contribution in [3.05, 3.63) is 11.9 Å². The molecule has 1 fully saturated rings. The third kappa shape index (κ3) is 3.64. The minimum Gasteiger partial charge on any atom is -0.370 e. The molecule has 0 bridgehead atoms. The van der Waals surface area contributed by atoms with Gasteiger partial charge in [-0.3, -0.25) is 4.90 Å². The highest BCUT2D eigenvalue weighted by molar-refractivity contribution is 5.50. The fourth-order valence-corrected chi connectivity index (χ4v) is 2.74. The first kappa shape index (κ1) is 16.0. The molecule has 2 unspecified atom stereocenters. The average Bonchev–Trinajstić information content (AvgIpc) is 2.44. The molecule has 1 saturated heterocycles. The molecule has 0 radical (unpaired) electrons. The van der Waals surface area contributed by atoms with Crippen molar-refractivity contribution in [2.45, 2.75) is 52.6 Å². The number of likely N-dealkylation sites (N-methyl/N-ethyl adjacent to an activating group) is 1. The lowest BCUT2D eigenvalue weighted by Crippen LogP contribution is -2.55. The standard InChI is InChI=1S/C16H29N5/c1-7-17-14-8-15(19-16(18-14)11(2)3)21-9-12(4)20(6)13(5)10-21/h8,11-13H,7,9-10H2,1-6H3,(H,17,18,19). The first-order chi connectivity index (χ1) is 9.92. The van der Waals surface area contributed by atoms with Gasteiger partial charge < -0.3 is 10.2 Å². The van der Waals surface area contributed by atoms with Crippen LogP contribution < -0.4 is 10.2 Å². The minimum atomic E-state index is 0.338. The molecular formula is C16H29N5. The van der Waals surface area contributed by atoms with E-state index < -0.39 is 0 Å². The van der Waals surface area contributed by atoms with Gasteiger partial charge in [0.25, 0.3) is 0 Å². The van der Waals surface area contributed by atoms with E-state index in [4.69, 9.17) is 4.98 Å². The van der Waals surface area contributed by atoms with Crippen LogP contribution in [0.25, 0.3) is 0 Å². The molecule has 2 rings (SSSR count). The molecule has 1 N–H and O–H groups in total. The Morgan fingerprint density at radius 1 is 1.24 bits per heavy atom. The maximum absolute atomic E-state index is 4.79. The number of aromatic nitrogens is 2. The monoisotopic (exact) mass is 291 g/mol. The number of hydrogen-bond acceptors (Lipinski definition) is 5. The van der Waals surface area contributed by atoms with E-state index in [0.29, 0.717) is 18.0 Å². The van der Waals surface area contributed by atoms with Gasteiger partial charge in [0.2, 0.25) is 0 Å². The van der Waals surface area contributed by atoms with Crippen molar-refractivity contribution in [1.82, 2.24) is 14.9 Å². The van der Waals surface area contributed by atoms with Crippen LogP contribution in [-0.2, 0) is 0 Å². The largest absolute Gasteiger partial charge is 0.370 e. The zero-order valence-electron chi connectivity index (χ0n) is 14.2. The lowest BCUT2D eigenvalue weighted by atomic mass is 10.1. The van der Waals surface area contributed by atoms with E-state index in [-0.39, 0.29) is 0 Å². The normalized spacial score (nSPS) is 23.7. The lowest BCUT2D eigenvalue weighted by Gasteiger charge is -2.43. The molecule has 2 heterocycles. The maximum Gasteiger partial charge on any atom is 0.135 e. The number of piperazine rings is 1. The zero-order chi connectivity index (χ0) is 15.6. The van der Waals surface area contributed by atoms with Gasteiger partial charge in [-0.1, -0.05) is 13.8 Å². The molecule has 0 aromatic carbocycles. The quantitative estimate of drug-likeness (QED) is 0.923. The van der Waals surface area contributed by atoms with Gasteiger partial charge in [0.15, 0.2) is 0 Å². The Hall–Kier alpha value is -1.36. The fourth-order valence-electron chi connectivity index (χ4n) is 2.74. The molecule has 1 aromatic heterocycles. The summed E-state index contributed by atoms with van der Waals surface area (Å²) in [6.07, 6.45) is 0. The van der Waals surface area contributed by atoms with Crippen molar-refractivity contribution in [2.75, 3.05) is 36.9 Å². The second-order valence-corrected chi connectivity index (χ2v) is 6.42. The van der Waals surface area contributed by atoms with Crippen molar-refractivity contribution in [3.63, 3.8) is 0 Å². The highest BCUT2D eigenvalue weighted by Gasteiger charge is 2.27. The highest BCUT2D eigenvalue weighted by atomic mass is 15.3. The predicted octanol–water partition coefficient (Wildman–Crippen LogP) is 2.56. The van der Waals surface area contributed by atoms with Crippen LogP contribution in [0.1, 0.15) is 46.4 Å². The molecule has 1 aliphatic heterocycles. The molecule has 5 nitrogen and oxygen atoms in total. The smallest absolute Gasteiger partial charge is 0.135 e. The van der Waals surface area contributed by atoms with Gasteiger partial charge in [-0.05, 0) is 27.8 Å². The van der Waals surface area contributed by atoms with Crippen molar-refractivity contribution >= 4 is 11.6 Å². The number of nitrogens with one attached hydrogen (secondary N) is 1. The number of anilines is 2. The van der Waals surface area contributed by atoms with Gasteiger partial charge in [0, 0.05) is 43.7 Å². The van der Waals surface area contributed by atoms with E-state index in [1.54, 1.807) is 0 Å². The fraction of sp³-hybridized carbons (Fsp3) is 0.750. The van der Waals surface area contributed by atoms with Crippen LogP contribution in [0, 0.1) is 0 Å². The van der Waals surface area contributed by atoms with Gasteiger partial charge >= 0.3 is 0 Å². The summed E-state index contributed by atoms with van der Waals surface area (Å²) in [5, 5.41) is 3.33. The Kier molecular flexibility index (Phi) is 5.04. The van der Waals surface area contributed by atoms with Gasteiger partial charge in [-0.15, -0.1) is 0 Å². The summed E-state index contributed by atoms with van der Waals surface area (Å²) >= 11 is 0. The molecule has 0 amide bonds. The third-order valence-corrected chi connectivity index (χ3v) is 4.29. The lowest BCUT2D eigenvalue weighted by molar-refractivity contribution is 0.169. The molecule has 5 heteroatoms. The van der Waals surface area contributed by atoms with Gasteiger partial charge in [0.1, 0.15) is 17.5 Å². The summed E-state index contributed by atoms with van der Waals surface area (Å²) in [5.74, 6) is 3.24. The second-order valence-electron chi connectivity index (χ2n) is 6.42. The number of nitrogens with zero attached hydrogens (tertiary/aromatic N) is 4. The van der Waals surface area contributed by atoms with E-state index in [1.165, 1.54) is 0 Å². The minimum absolute atomic E-state index is 0.338. The van der Waals surface area contributed by atoms with Gasteiger partial charge in [-0.25, -0.2) is 9.97 Å². The molecular weight excluding hydrogens is 262 g/mol. The Morgan fingerprint density at radius 2 is 1.86 bits per heavy atom. The average molecular weight is 291 g/mol. The Morgan fingerprint density at radius 3 is 2.38 bits per heavy atom. The summed E-state index contributed by atoms with van der Waals surface area (Å²) in [6.45, 7) is 13.8. The van der Waals surface area contributed by atoms with Crippen molar-refractivity contribution < 1.29 is 0 Å². The van der Waals surface area contributed by atoms with Crippen LogP contribution in [-0.4, -0.2) is 53.6 Å². The van der Waals surface area contributed by atoms with Crippen LogP contribution in [0.4, 0.5) is 11.6 Å². The van der Waals surface area contributed by atoms with E-state index in [2.05, 4.69) is 67.8 Å². The van der Waals surface area contributed by atoms with E-state index in [9.17, 15) is 0 Å². The molecule has 0 aliphatic carbocycles. The Bertz CT molecular complexity index is 462. The van der Waals surface area contributed by atoms with Crippen molar-refractivity contribution in [3.8, 4) is 0 Å². The van der Waals surface area contributed by atoms with Crippen molar-refractivity contribution in [2.24, 2.45) is 0 Å². The van der Waals surface area contributed by atoms with Crippen LogP contribution >= 0.6 is 0 Å². The highest BCUT2D eigenvalue weighted by Crippen LogP contribution is 2.24. The number of hydrogen-bond donors (Lipinski definition) is 1. The first-order valence-corrected chi connectivity index (χ1v) is 8.02. The molecule has 0 spiro atoms. The third-order valence-electron chi connectivity index (χ3n) is 4.29. The predicted molar refractivity (Wildman–Crippen MR) is 89.2 cm³/mol. The summed E-state index contributed by atoms with van der Waals surface area (Å²) in [5.41, 5.74) is 0. The zero-order valence-corrected chi connectivity index (χ0v) is 14.2. The molecule has 2 atom stereocenters. The molecule has 1 aromatic rings. The second kappa shape index (κ2) is 6.60. The maximum atomic E-state index is 4.79. The van der Waals surface area contributed by atoms with E-state index >= 15 is 0 Å². The van der Waals surface area contributed by atoms with Crippen LogP contribution in [0.15, 0.2) is 6.07 Å². The summed E-state index contributed by atoms with van der Waals surface area (Å²) in [6, 6.07) is 3.16. The van der Waals surface area contributed by atoms with Crippen LogP contribution in [0.2, 0.25) is 0 Å². The SMILES string of the molecule is CCNc1cc(N2CC(C)N(C)C(C)C2)nc(C(C)C)n1. The Labute approximate surface area is 128 Å². The molecule has 1 aliphatic rings. The Balaban J connectivity index is 2.29. The van der Waals surface area contributed by atoms with Gasteiger partial charge in [0.05, 0.1) is 0 Å². The van der Waals surface area contributed by atoms with E-state index in [1.807, 2.05) is 0 Å². The first-order valence-electron chi connectivity index (χ1n) is 8.02. The van der Waals surface area contributed by atoms with Gasteiger partial charge in [-0.2, -0.15) is 0 Å². The topological polar surface area (TPSA) is 44.3 Å². The van der Waals surface area contributed by atoms with Crippen LogP contribution in [0.5, 0.6) is 0 Å².